The fourth-order valence-corrected chi connectivity index (χ4v) is 0. The van der Waals surface area contributed by atoms with Gasteiger partial charge in [-0.15, -0.1) is 0 Å². The fourth-order valence-electron chi connectivity index (χ4n) is 0. The van der Waals surface area contributed by atoms with E-state index in [2.05, 4.69) is 0 Å². The second kappa shape index (κ2) is 18.6. The van der Waals surface area contributed by atoms with Crippen molar-refractivity contribution >= 4 is 47.0 Å². The predicted molar refractivity (Wildman–Crippen MR) is 66.0 cm³/mol. The topological polar surface area (TPSA) is 229 Å². The zero-order valence-electron chi connectivity index (χ0n) is 13.4. The molecule has 0 saturated carbocycles. The molecule has 0 fully saturated rings. The van der Waals surface area contributed by atoms with Gasteiger partial charge in [0, 0.05) is 27.7 Å². The molecule has 0 unspecified atom stereocenters. The van der Waals surface area contributed by atoms with Crippen molar-refractivity contribution in [3.05, 3.63) is 7.43 Å². The van der Waals surface area contributed by atoms with Crippen molar-refractivity contribution in [2.45, 2.75) is 27.7 Å². The zero-order valence-corrected chi connectivity index (χ0v) is 13.4. The molecular weight excluding hydrogens is 348 g/mol. The Hall–Kier alpha value is -3.44. The van der Waals surface area contributed by atoms with Crippen LogP contribution in [-0.4, -0.2) is 47.0 Å². The number of carbonyl (C=O) groups excluding carboxylic acids is 8. The summed E-state index contributed by atoms with van der Waals surface area (Å²) in [4.78, 5) is 74.9. The van der Waals surface area contributed by atoms with Gasteiger partial charge in [0.2, 0.25) is 0 Å². The standard InChI is InChI=1S/4C3H4O3.C/c4*1-2(4)3(5)6;/h4*1H3,(H,5,6);/q;;;;+4/p-4. The number of carboxylic acids is 4. The molecule has 0 aromatic heterocycles. The van der Waals surface area contributed by atoms with Gasteiger partial charge in [0.05, 0.1) is 0 Å². The molecule has 0 saturated heterocycles. The van der Waals surface area contributed by atoms with Gasteiger partial charge in [0.15, 0.2) is 23.1 Å². The second-order valence-electron chi connectivity index (χ2n) is 3.37. The molecule has 0 aliphatic rings. The molecule has 12 heteroatoms. The van der Waals surface area contributed by atoms with Gasteiger partial charge in [-0.25, -0.2) is 0 Å². The van der Waals surface area contributed by atoms with Gasteiger partial charge in [-0.05, 0) is 0 Å². The van der Waals surface area contributed by atoms with Crippen LogP contribution in [0.5, 0.6) is 0 Å². The van der Waals surface area contributed by atoms with Gasteiger partial charge >= 0.3 is 7.43 Å². The van der Waals surface area contributed by atoms with Gasteiger partial charge in [0.1, 0.15) is 23.9 Å². The number of aliphatic carboxylic acids is 4. The third-order valence-corrected chi connectivity index (χ3v) is 1.15. The summed E-state index contributed by atoms with van der Waals surface area (Å²) in [6.45, 7) is 3.76. The van der Waals surface area contributed by atoms with Crippen LogP contribution in [0.2, 0.25) is 0 Å². The van der Waals surface area contributed by atoms with Crippen molar-refractivity contribution in [3.63, 3.8) is 0 Å². The Bertz CT molecular complexity index is 385. The monoisotopic (exact) mass is 360 g/mol. The number of carboxylic acid groups (broad SMARTS) is 4. The van der Waals surface area contributed by atoms with Crippen LogP contribution in [0.4, 0.5) is 0 Å². The Morgan fingerprint density at radius 1 is 0.400 bits per heavy atom. The quantitative estimate of drug-likeness (QED) is 0.426. The van der Waals surface area contributed by atoms with Crippen LogP contribution in [0.15, 0.2) is 0 Å². The minimum absolute atomic E-state index is 0. The summed E-state index contributed by atoms with van der Waals surface area (Å²) in [5, 5.41) is 37.0. The van der Waals surface area contributed by atoms with Crippen molar-refractivity contribution in [1.82, 2.24) is 0 Å². The molecule has 0 N–H and O–H groups in total. The molecule has 0 aromatic carbocycles. The van der Waals surface area contributed by atoms with Crippen molar-refractivity contribution in [3.8, 4) is 0 Å². The van der Waals surface area contributed by atoms with Gasteiger partial charge in [-0.3, -0.25) is 19.2 Å². The summed E-state index contributed by atoms with van der Waals surface area (Å²) >= 11 is 0. The largest absolute Gasteiger partial charge is 4.00 e. The second-order valence-corrected chi connectivity index (χ2v) is 3.37. The molecule has 0 radical (unpaired) electrons. The SMILES string of the molecule is CC(=O)C(=O)[O-].CC(=O)C(=O)[O-].CC(=O)C(=O)[O-].CC(=O)C(=O)[O-].[C+4]. The summed E-state index contributed by atoms with van der Waals surface area (Å²) in [5.41, 5.74) is 0. The van der Waals surface area contributed by atoms with Gasteiger partial charge in [0.25, 0.3) is 0 Å². The summed E-state index contributed by atoms with van der Waals surface area (Å²) in [7, 11) is 0. The first kappa shape index (κ1) is 33.2. The first-order valence-corrected chi connectivity index (χ1v) is 5.45. The summed E-state index contributed by atoms with van der Waals surface area (Å²) in [6, 6.07) is 0. The Kier molecular flexibility index (Phi) is 24.7. The Morgan fingerprint density at radius 2 is 0.440 bits per heavy atom. The van der Waals surface area contributed by atoms with E-state index in [-0.39, 0.29) is 7.43 Å². The number of hydrogen-bond acceptors (Lipinski definition) is 12. The number of hydrogen-bond donors (Lipinski definition) is 0. The van der Waals surface area contributed by atoms with Crippen molar-refractivity contribution in [1.29, 1.82) is 0 Å². The summed E-state index contributed by atoms with van der Waals surface area (Å²) < 4.78 is 0. The maximum Gasteiger partial charge on any atom is 4.00 e. The van der Waals surface area contributed by atoms with E-state index >= 15 is 0 Å². The minimum Gasteiger partial charge on any atom is -0.542 e. The molecule has 136 valence electrons. The van der Waals surface area contributed by atoms with Crippen LogP contribution in [0.1, 0.15) is 27.7 Å². The smallest absolute Gasteiger partial charge is 0.542 e. The molecule has 0 amide bonds. The van der Waals surface area contributed by atoms with Crippen LogP contribution >= 0.6 is 0 Å². The average molecular weight is 360 g/mol. The Labute approximate surface area is 142 Å². The van der Waals surface area contributed by atoms with Gasteiger partial charge in [-0.1, -0.05) is 0 Å². The maximum absolute atomic E-state index is 9.48. The van der Waals surface area contributed by atoms with E-state index in [1.807, 2.05) is 0 Å². The normalized spacial score (nSPS) is 7.20. The molecule has 0 aliphatic carbocycles. The van der Waals surface area contributed by atoms with Gasteiger partial charge in [-0.2, -0.15) is 0 Å². The van der Waals surface area contributed by atoms with E-state index < -0.39 is 47.0 Å². The minimum atomic E-state index is -1.63. The van der Waals surface area contributed by atoms with Crippen LogP contribution in [0, 0.1) is 7.43 Å². The van der Waals surface area contributed by atoms with E-state index in [1.165, 1.54) is 0 Å². The van der Waals surface area contributed by atoms with Crippen molar-refractivity contribution in [2.24, 2.45) is 0 Å². The summed E-state index contributed by atoms with van der Waals surface area (Å²) in [6.07, 6.45) is 0. The number of carbonyl (C=O) groups is 8. The summed E-state index contributed by atoms with van der Waals surface area (Å²) in [5.74, 6) is -10.3. The number of Topliss-reactive ketones (excluding diaryl/α,β-unsaturated/α-hetero) is 4. The van der Waals surface area contributed by atoms with Gasteiger partial charge < -0.3 is 39.6 Å². The first-order chi connectivity index (χ1) is 10.6. The Morgan fingerprint density at radius 3 is 0.440 bits per heavy atom. The molecule has 0 heterocycles. The first-order valence-electron chi connectivity index (χ1n) is 5.45. The molecule has 0 aromatic rings. The van der Waals surface area contributed by atoms with Crippen molar-refractivity contribution < 1.29 is 58.8 Å². The van der Waals surface area contributed by atoms with E-state index in [9.17, 15) is 58.8 Å². The maximum atomic E-state index is 9.48. The van der Waals surface area contributed by atoms with E-state index in [4.69, 9.17) is 0 Å². The van der Waals surface area contributed by atoms with Crippen molar-refractivity contribution in [2.75, 3.05) is 0 Å². The molecule has 12 nitrogen and oxygen atoms in total. The van der Waals surface area contributed by atoms with E-state index in [0.717, 1.165) is 27.7 Å². The zero-order chi connectivity index (χ0) is 20.6. The molecular formula is C13H12O12. The third-order valence-electron chi connectivity index (χ3n) is 1.15. The predicted octanol–water partition coefficient (Wildman–Crippen LogP) is -6.62. The fraction of sp³-hybridized carbons (Fsp3) is 0.308. The number of rotatable bonds is 4. The van der Waals surface area contributed by atoms with Crippen LogP contribution in [0.25, 0.3) is 0 Å². The van der Waals surface area contributed by atoms with Crippen LogP contribution in [-0.2, 0) is 38.4 Å². The molecule has 0 atom stereocenters. The molecule has 0 aliphatic heterocycles. The van der Waals surface area contributed by atoms with Crippen LogP contribution < -0.4 is 20.4 Å². The van der Waals surface area contributed by atoms with E-state index in [0.29, 0.717) is 0 Å². The third kappa shape index (κ3) is 44.9. The molecule has 0 bridgehead atoms. The molecule has 25 heavy (non-hydrogen) atoms. The molecule has 0 rings (SSSR count). The number of ketones is 4. The van der Waals surface area contributed by atoms with E-state index in [1.54, 1.807) is 0 Å². The van der Waals surface area contributed by atoms with Crippen LogP contribution in [0.3, 0.4) is 0 Å². The average Bonchev–Trinajstić information content (AvgIpc) is 2.40. The Balaban J connectivity index is -0.0000000702. The molecule has 0 spiro atoms.